The lowest BCUT2D eigenvalue weighted by Crippen LogP contribution is -2.09. The molecule has 5 heteroatoms. The minimum atomic E-state index is -0.428. The molecule has 0 saturated carbocycles. The predicted octanol–water partition coefficient (Wildman–Crippen LogP) is 2.34. The van der Waals surface area contributed by atoms with Gasteiger partial charge < -0.3 is 15.2 Å². The van der Waals surface area contributed by atoms with E-state index >= 15 is 0 Å². The Morgan fingerprint density at radius 2 is 2.29 bits per heavy atom. The van der Waals surface area contributed by atoms with Crippen molar-refractivity contribution in [2.75, 3.05) is 6.79 Å². The van der Waals surface area contributed by atoms with Crippen LogP contribution in [-0.4, -0.2) is 6.79 Å². The smallest absolute Gasteiger partial charge is 0.231 e. The van der Waals surface area contributed by atoms with E-state index in [1.54, 1.807) is 13.0 Å². The maximum atomic E-state index is 13.6. The van der Waals surface area contributed by atoms with Crippen molar-refractivity contribution in [3.8, 4) is 11.5 Å². The molecule has 1 aromatic rings. The van der Waals surface area contributed by atoms with Crippen molar-refractivity contribution >= 4 is 15.9 Å². The molecule has 0 amide bonds. The van der Waals surface area contributed by atoms with Gasteiger partial charge in [-0.1, -0.05) is 0 Å². The summed E-state index contributed by atoms with van der Waals surface area (Å²) in [6, 6.07) is 1.12. The van der Waals surface area contributed by atoms with Gasteiger partial charge in [-0.3, -0.25) is 0 Å². The van der Waals surface area contributed by atoms with E-state index in [4.69, 9.17) is 15.2 Å². The van der Waals surface area contributed by atoms with Crippen LogP contribution in [0.4, 0.5) is 4.39 Å². The molecule has 0 fully saturated rings. The van der Waals surface area contributed by atoms with Gasteiger partial charge in [-0.2, -0.15) is 0 Å². The van der Waals surface area contributed by atoms with Gasteiger partial charge >= 0.3 is 0 Å². The van der Waals surface area contributed by atoms with Crippen molar-refractivity contribution in [3.63, 3.8) is 0 Å². The lowest BCUT2D eigenvalue weighted by atomic mass is 10.1. The maximum Gasteiger partial charge on any atom is 0.231 e. The van der Waals surface area contributed by atoms with Crippen LogP contribution in [0.5, 0.6) is 11.5 Å². The first-order valence-corrected chi connectivity index (χ1v) is 4.93. The van der Waals surface area contributed by atoms with Crippen LogP contribution in [-0.2, 0) is 0 Å². The van der Waals surface area contributed by atoms with Gasteiger partial charge in [0.15, 0.2) is 11.5 Å². The summed E-state index contributed by atoms with van der Waals surface area (Å²) in [5.74, 6) is 0.565. The number of hydrogen-bond acceptors (Lipinski definition) is 3. The molecule has 0 bridgehead atoms. The summed E-state index contributed by atoms with van der Waals surface area (Å²) < 4.78 is 24.3. The van der Waals surface area contributed by atoms with E-state index in [0.717, 1.165) is 0 Å². The summed E-state index contributed by atoms with van der Waals surface area (Å²) in [4.78, 5) is 0. The summed E-state index contributed by atoms with van der Waals surface area (Å²) >= 11 is 3.10. The molecule has 3 nitrogen and oxygen atoms in total. The number of hydrogen-bond donors (Lipinski definition) is 1. The first kappa shape index (κ1) is 9.73. The number of rotatable bonds is 1. The van der Waals surface area contributed by atoms with Gasteiger partial charge in [-0.25, -0.2) is 4.39 Å². The fraction of sp³-hybridized carbons (Fsp3) is 0.333. The highest BCUT2D eigenvalue weighted by Crippen LogP contribution is 2.42. The Hall–Kier alpha value is -0.810. The molecule has 2 N–H and O–H groups in total. The van der Waals surface area contributed by atoms with Gasteiger partial charge in [0.25, 0.3) is 0 Å². The Kier molecular flexibility index (Phi) is 2.36. The molecule has 1 unspecified atom stereocenters. The van der Waals surface area contributed by atoms with Crippen molar-refractivity contribution in [1.82, 2.24) is 0 Å². The van der Waals surface area contributed by atoms with E-state index in [9.17, 15) is 4.39 Å². The van der Waals surface area contributed by atoms with Crippen LogP contribution in [0.2, 0.25) is 0 Å². The highest BCUT2D eigenvalue weighted by Gasteiger charge is 2.25. The SMILES string of the molecule is CC(N)c1c(F)c(Br)cc2c1OCO2. The van der Waals surface area contributed by atoms with Crippen LogP contribution in [0.3, 0.4) is 0 Å². The topological polar surface area (TPSA) is 44.5 Å². The molecule has 1 aliphatic rings. The Morgan fingerprint density at radius 1 is 1.57 bits per heavy atom. The van der Waals surface area contributed by atoms with Gasteiger partial charge in [0, 0.05) is 12.1 Å². The number of fused-ring (bicyclic) bond motifs is 1. The van der Waals surface area contributed by atoms with Gasteiger partial charge in [0.05, 0.1) is 10.0 Å². The molecular weight excluding hydrogens is 253 g/mol. The Labute approximate surface area is 89.1 Å². The standard InChI is InChI=1S/C9H9BrFNO2/c1-4(12)7-8(11)5(10)2-6-9(7)14-3-13-6/h2,4H,3,12H2,1H3. The van der Waals surface area contributed by atoms with Gasteiger partial charge in [0.1, 0.15) is 5.82 Å². The fourth-order valence-electron chi connectivity index (χ4n) is 1.42. The quantitative estimate of drug-likeness (QED) is 0.844. The molecule has 1 heterocycles. The second-order valence-corrected chi connectivity index (χ2v) is 3.96. The van der Waals surface area contributed by atoms with E-state index in [1.807, 2.05) is 0 Å². The zero-order chi connectivity index (χ0) is 10.3. The van der Waals surface area contributed by atoms with Crippen LogP contribution < -0.4 is 15.2 Å². The second kappa shape index (κ2) is 3.40. The lowest BCUT2D eigenvalue weighted by molar-refractivity contribution is 0.173. The molecule has 14 heavy (non-hydrogen) atoms. The molecule has 2 rings (SSSR count). The summed E-state index contributed by atoms with van der Waals surface area (Å²) in [5, 5.41) is 0. The minimum absolute atomic E-state index is 0.116. The normalized spacial score (nSPS) is 15.7. The zero-order valence-corrected chi connectivity index (χ0v) is 9.10. The third-order valence-electron chi connectivity index (χ3n) is 2.05. The highest BCUT2D eigenvalue weighted by atomic mass is 79.9. The Bertz CT molecular complexity index is 382. The van der Waals surface area contributed by atoms with Crippen LogP contribution >= 0.6 is 15.9 Å². The van der Waals surface area contributed by atoms with Gasteiger partial charge in [-0.05, 0) is 22.9 Å². The highest BCUT2D eigenvalue weighted by molar-refractivity contribution is 9.10. The third-order valence-corrected chi connectivity index (χ3v) is 2.62. The second-order valence-electron chi connectivity index (χ2n) is 3.11. The van der Waals surface area contributed by atoms with Gasteiger partial charge in [-0.15, -0.1) is 0 Å². The van der Waals surface area contributed by atoms with E-state index in [0.29, 0.717) is 21.5 Å². The minimum Gasteiger partial charge on any atom is -0.454 e. The number of benzene rings is 1. The molecule has 1 atom stereocenters. The first-order valence-electron chi connectivity index (χ1n) is 4.14. The predicted molar refractivity (Wildman–Crippen MR) is 52.8 cm³/mol. The third kappa shape index (κ3) is 1.36. The fourth-order valence-corrected chi connectivity index (χ4v) is 1.84. The van der Waals surface area contributed by atoms with Crippen LogP contribution in [0.15, 0.2) is 10.5 Å². The van der Waals surface area contributed by atoms with Gasteiger partial charge in [0.2, 0.25) is 6.79 Å². The molecule has 0 aliphatic carbocycles. The molecule has 0 aromatic heterocycles. The first-order chi connectivity index (χ1) is 6.61. The molecule has 1 aliphatic heterocycles. The summed E-state index contributed by atoms with van der Waals surface area (Å²) in [5.41, 5.74) is 6.01. The number of ether oxygens (including phenoxy) is 2. The van der Waals surface area contributed by atoms with Crippen molar-refractivity contribution in [2.24, 2.45) is 5.73 Å². The average Bonchev–Trinajstić information content (AvgIpc) is 2.52. The van der Waals surface area contributed by atoms with Crippen LogP contribution in [0, 0.1) is 5.82 Å². The van der Waals surface area contributed by atoms with Crippen molar-refractivity contribution < 1.29 is 13.9 Å². The van der Waals surface area contributed by atoms with Crippen LogP contribution in [0.1, 0.15) is 18.5 Å². The van der Waals surface area contributed by atoms with E-state index in [2.05, 4.69) is 15.9 Å². The average molecular weight is 262 g/mol. The van der Waals surface area contributed by atoms with E-state index in [1.165, 1.54) is 0 Å². The monoisotopic (exact) mass is 261 g/mol. The number of nitrogens with two attached hydrogens (primary N) is 1. The molecule has 0 radical (unpaired) electrons. The summed E-state index contributed by atoms with van der Waals surface area (Å²) in [6.45, 7) is 1.82. The Balaban J connectivity index is 2.66. The zero-order valence-electron chi connectivity index (χ0n) is 7.51. The molecule has 76 valence electrons. The van der Waals surface area contributed by atoms with Crippen molar-refractivity contribution in [2.45, 2.75) is 13.0 Å². The van der Waals surface area contributed by atoms with Crippen LogP contribution in [0.25, 0.3) is 0 Å². The van der Waals surface area contributed by atoms with Crippen molar-refractivity contribution in [1.29, 1.82) is 0 Å². The molecule has 1 aromatic carbocycles. The van der Waals surface area contributed by atoms with E-state index < -0.39 is 6.04 Å². The summed E-state index contributed by atoms with van der Waals surface area (Å²) in [6.07, 6.45) is 0. The van der Waals surface area contributed by atoms with E-state index in [-0.39, 0.29) is 12.6 Å². The molecule has 0 saturated heterocycles. The van der Waals surface area contributed by atoms with Crippen molar-refractivity contribution in [3.05, 3.63) is 21.9 Å². The largest absolute Gasteiger partial charge is 0.454 e. The Morgan fingerprint density at radius 3 is 2.93 bits per heavy atom. The lowest BCUT2D eigenvalue weighted by Gasteiger charge is -2.11. The number of halogens is 2. The molecular formula is C9H9BrFNO2. The molecule has 0 spiro atoms. The maximum absolute atomic E-state index is 13.6. The summed E-state index contributed by atoms with van der Waals surface area (Å²) in [7, 11) is 0.